The van der Waals surface area contributed by atoms with Crippen LogP contribution in [0.3, 0.4) is 0 Å². The van der Waals surface area contributed by atoms with Gasteiger partial charge in [-0.25, -0.2) is 0 Å². The highest BCUT2D eigenvalue weighted by atomic mass is 32.4. The normalized spacial score (nSPS) is 12.3. The molecule has 0 saturated carbocycles. The fourth-order valence-corrected chi connectivity index (χ4v) is 6.98. The first-order chi connectivity index (χ1) is 13.2. The topological polar surface area (TPSA) is 45.9 Å². The number of pyridine rings is 1. The van der Waals surface area contributed by atoms with E-state index in [1.807, 2.05) is 43.3 Å². The highest BCUT2D eigenvalue weighted by Gasteiger charge is 2.28. The Hall–Kier alpha value is -2.31. The summed E-state index contributed by atoms with van der Waals surface area (Å²) in [7, 11) is 0. The van der Waals surface area contributed by atoms with E-state index < -0.39 is 6.04 Å². The minimum atomic E-state index is -2.11. The molecule has 0 bridgehead atoms. The summed E-state index contributed by atoms with van der Waals surface area (Å²) in [5.74, 6) is 0. The maximum Gasteiger partial charge on any atom is 0.105 e. The van der Waals surface area contributed by atoms with Crippen LogP contribution in [0, 0.1) is 11.3 Å². The standard InChI is InChI=1S/C22H21N2OPS/c1-2-25-22(21-15-18(16-23)13-14-24-21)17-26(27,19-9-5-3-6-10-19)20-11-7-4-8-12-20/h3-15,22H,2,17H2,1H3. The van der Waals surface area contributed by atoms with Crippen LogP contribution < -0.4 is 10.6 Å². The molecule has 1 heterocycles. The third-order valence-corrected chi connectivity index (χ3v) is 9.20. The Morgan fingerprint density at radius 1 is 1.04 bits per heavy atom. The first-order valence-electron chi connectivity index (χ1n) is 8.85. The van der Waals surface area contributed by atoms with Crippen molar-refractivity contribution in [1.29, 1.82) is 5.26 Å². The van der Waals surface area contributed by atoms with E-state index in [4.69, 9.17) is 16.5 Å². The molecule has 1 aromatic heterocycles. The van der Waals surface area contributed by atoms with Gasteiger partial charge in [-0.1, -0.05) is 72.5 Å². The molecule has 136 valence electrons. The van der Waals surface area contributed by atoms with E-state index in [2.05, 4.69) is 35.3 Å². The fraction of sp³-hybridized carbons (Fsp3) is 0.182. The zero-order valence-corrected chi connectivity index (χ0v) is 16.9. The molecule has 0 amide bonds. The lowest BCUT2D eigenvalue weighted by Crippen LogP contribution is -2.23. The van der Waals surface area contributed by atoms with Gasteiger partial charge < -0.3 is 4.74 Å². The van der Waals surface area contributed by atoms with Crippen molar-refractivity contribution >= 4 is 28.5 Å². The molecule has 27 heavy (non-hydrogen) atoms. The zero-order chi connectivity index (χ0) is 19.1. The van der Waals surface area contributed by atoms with Crippen molar-refractivity contribution in [1.82, 2.24) is 4.98 Å². The third kappa shape index (κ3) is 4.51. The van der Waals surface area contributed by atoms with Gasteiger partial charge in [-0.2, -0.15) is 5.26 Å². The van der Waals surface area contributed by atoms with Crippen molar-refractivity contribution < 1.29 is 4.74 Å². The highest BCUT2D eigenvalue weighted by Crippen LogP contribution is 2.47. The summed E-state index contributed by atoms with van der Waals surface area (Å²) in [6, 6.07) is 24.1. The van der Waals surface area contributed by atoms with Gasteiger partial charge in [0.15, 0.2) is 0 Å². The van der Waals surface area contributed by atoms with Gasteiger partial charge in [-0.3, -0.25) is 4.98 Å². The predicted molar refractivity (Wildman–Crippen MR) is 115 cm³/mol. The summed E-state index contributed by atoms with van der Waals surface area (Å²) in [6.07, 6.45) is 2.06. The molecular weight excluding hydrogens is 371 g/mol. The molecule has 0 aliphatic rings. The van der Waals surface area contributed by atoms with Crippen molar-refractivity contribution in [3.05, 3.63) is 90.3 Å². The molecule has 3 nitrogen and oxygen atoms in total. The van der Waals surface area contributed by atoms with Crippen molar-refractivity contribution in [3.8, 4) is 6.07 Å². The van der Waals surface area contributed by atoms with Crippen LogP contribution in [0.5, 0.6) is 0 Å². The molecular formula is C22H21N2OPS. The molecule has 0 spiro atoms. The Labute approximate surface area is 165 Å². The Balaban J connectivity index is 2.06. The minimum absolute atomic E-state index is 0.255. The van der Waals surface area contributed by atoms with Crippen LogP contribution in [-0.2, 0) is 16.5 Å². The maximum atomic E-state index is 9.23. The van der Waals surface area contributed by atoms with Crippen LogP contribution >= 0.6 is 6.04 Å². The SMILES string of the molecule is CCOC(CP(=S)(c1ccccc1)c1ccccc1)c1cc(C#N)ccn1. The van der Waals surface area contributed by atoms with Gasteiger partial charge in [-0.05, 0) is 29.7 Å². The van der Waals surface area contributed by atoms with Gasteiger partial charge in [0.05, 0.1) is 17.3 Å². The van der Waals surface area contributed by atoms with E-state index in [-0.39, 0.29) is 6.10 Å². The molecule has 0 fully saturated rings. The Bertz CT molecular complexity index is 927. The Kier molecular flexibility index (Phi) is 6.53. The van der Waals surface area contributed by atoms with Crippen molar-refractivity contribution in [3.63, 3.8) is 0 Å². The second-order valence-corrected chi connectivity index (χ2v) is 10.9. The summed E-state index contributed by atoms with van der Waals surface area (Å²) in [6.45, 7) is 2.53. The van der Waals surface area contributed by atoms with E-state index >= 15 is 0 Å². The quantitative estimate of drug-likeness (QED) is 0.567. The largest absolute Gasteiger partial charge is 0.372 e. The Morgan fingerprint density at radius 2 is 1.63 bits per heavy atom. The van der Waals surface area contributed by atoms with Gasteiger partial charge >= 0.3 is 0 Å². The third-order valence-electron chi connectivity index (χ3n) is 4.38. The number of nitriles is 1. The van der Waals surface area contributed by atoms with E-state index in [0.717, 1.165) is 16.3 Å². The van der Waals surface area contributed by atoms with E-state index in [0.29, 0.717) is 18.3 Å². The second-order valence-electron chi connectivity index (χ2n) is 6.12. The lowest BCUT2D eigenvalue weighted by molar-refractivity contribution is 0.0762. The van der Waals surface area contributed by atoms with Gasteiger partial charge in [0.2, 0.25) is 0 Å². The number of ether oxygens (including phenoxy) is 1. The van der Waals surface area contributed by atoms with Crippen LogP contribution in [0.25, 0.3) is 0 Å². The molecule has 0 aliphatic heterocycles. The van der Waals surface area contributed by atoms with Gasteiger partial charge in [0, 0.05) is 25.0 Å². The van der Waals surface area contributed by atoms with Crippen molar-refractivity contribution in [2.45, 2.75) is 13.0 Å². The lowest BCUT2D eigenvalue weighted by atomic mass is 10.2. The minimum Gasteiger partial charge on any atom is -0.372 e. The highest BCUT2D eigenvalue weighted by molar-refractivity contribution is 8.21. The molecule has 0 radical (unpaired) electrons. The lowest BCUT2D eigenvalue weighted by Gasteiger charge is -2.28. The Morgan fingerprint density at radius 3 is 2.15 bits per heavy atom. The van der Waals surface area contributed by atoms with E-state index in [9.17, 15) is 5.26 Å². The molecule has 3 rings (SSSR count). The van der Waals surface area contributed by atoms with E-state index in [1.54, 1.807) is 18.3 Å². The molecule has 1 unspecified atom stereocenters. The summed E-state index contributed by atoms with van der Waals surface area (Å²) in [5, 5.41) is 11.5. The summed E-state index contributed by atoms with van der Waals surface area (Å²) in [4.78, 5) is 4.47. The molecule has 2 aromatic carbocycles. The first-order valence-corrected chi connectivity index (χ1v) is 11.8. The monoisotopic (exact) mass is 392 g/mol. The number of nitrogens with zero attached hydrogens (tertiary/aromatic N) is 2. The van der Waals surface area contributed by atoms with Crippen LogP contribution in [0.1, 0.15) is 24.3 Å². The maximum absolute atomic E-state index is 9.23. The van der Waals surface area contributed by atoms with Crippen molar-refractivity contribution in [2.24, 2.45) is 0 Å². The average Bonchev–Trinajstić information content (AvgIpc) is 2.74. The van der Waals surface area contributed by atoms with Gasteiger partial charge in [0.25, 0.3) is 0 Å². The smallest absolute Gasteiger partial charge is 0.105 e. The first kappa shape index (κ1) is 19.5. The molecule has 1 atom stereocenters. The number of benzene rings is 2. The second kappa shape index (κ2) is 9.06. The molecule has 5 heteroatoms. The number of hydrogen-bond donors (Lipinski definition) is 0. The number of rotatable bonds is 7. The van der Waals surface area contributed by atoms with E-state index in [1.165, 1.54) is 0 Å². The molecule has 0 aliphatic carbocycles. The molecule has 0 N–H and O–H groups in total. The average molecular weight is 392 g/mol. The van der Waals surface area contributed by atoms with Crippen molar-refractivity contribution in [2.75, 3.05) is 12.8 Å². The van der Waals surface area contributed by atoms with Crippen LogP contribution in [0.4, 0.5) is 0 Å². The fourth-order valence-electron chi connectivity index (χ4n) is 3.06. The number of hydrogen-bond acceptors (Lipinski definition) is 4. The van der Waals surface area contributed by atoms with Crippen LogP contribution in [0.2, 0.25) is 0 Å². The molecule has 3 aromatic rings. The zero-order valence-electron chi connectivity index (χ0n) is 15.2. The van der Waals surface area contributed by atoms with Gasteiger partial charge in [0.1, 0.15) is 6.10 Å². The number of aromatic nitrogens is 1. The van der Waals surface area contributed by atoms with Gasteiger partial charge in [-0.15, -0.1) is 0 Å². The summed E-state index contributed by atoms with van der Waals surface area (Å²) < 4.78 is 6.06. The summed E-state index contributed by atoms with van der Waals surface area (Å²) >= 11 is 6.32. The molecule has 0 saturated heterocycles. The van der Waals surface area contributed by atoms with Crippen LogP contribution in [-0.4, -0.2) is 17.8 Å². The predicted octanol–water partition coefficient (Wildman–Crippen LogP) is 4.16. The summed E-state index contributed by atoms with van der Waals surface area (Å²) in [5.41, 5.74) is 1.34. The van der Waals surface area contributed by atoms with Crippen LogP contribution in [0.15, 0.2) is 79.0 Å².